The van der Waals surface area contributed by atoms with Crippen molar-refractivity contribution in [2.45, 2.75) is 19.4 Å². The van der Waals surface area contributed by atoms with Gasteiger partial charge in [-0.15, -0.1) is 0 Å². The lowest BCUT2D eigenvalue weighted by Crippen LogP contribution is -2.00. The minimum absolute atomic E-state index is 0.134. The van der Waals surface area contributed by atoms with E-state index in [2.05, 4.69) is 15.9 Å². The summed E-state index contributed by atoms with van der Waals surface area (Å²) in [6.07, 6.45) is -0.140. The molecule has 0 aliphatic heterocycles. The van der Waals surface area contributed by atoms with E-state index in [0.29, 0.717) is 22.2 Å². The van der Waals surface area contributed by atoms with E-state index in [1.165, 1.54) is 12.1 Å². The number of nitro groups is 1. The Bertz CT molecular complexity index is 660. The maximum Gasteiger partial charge on any atom is 0.312 e. The SMILES string of the molecule is CC[C@@H](O)c1ccccc1Oc1ccc(Br)cc1[N+](=O)[O-]. The Morgan fingerprint density at radius 2 is 2.00 bits per heavy atom. The Morgan fingerprint density at radius 1 is 1.29 bits per heavy atom. The van der Waals surface area contributed by atoms with E-state index in [0.717, 1.165) is 0 Å². The largest absolute Gasteiger partial charge is 0.450 e. The molecule has 2 aromatic carbocycles. The molecule has 0 heterocycles. The van der Waals surface area contributed by atoms with Gasteiger partial charge in [0.1, 0.15) is 5.75 Å². The molecule has 2 aromatic rings. The molecular weight excluding hydrogens is 338 g/mol. The van der Waals surface area contributed by atoms with Gasteiger partial charge in [0.2, 0.25) is 5.75 Å². The molecular formula is C15H14BrNO4. The average molecular weight is 352 g/mol. The van der Waals surface area contributed by atoms with Crippen molar-refractivity contribution in [2.75, 3.05) is 0 Å². The van der Waals surface area contributed by atoms with Crippen molar-refractivity contribution < 1.29 is 14.8 Å². The van der Waals surface area contributed by atoms with Gasteiger partial charge in [0, 0.05) is 16.1 Å². The van der Waals surface area contributed by atoms with E-state index in [4.69, 9.17) is 4.74 Å². The molecule has 0 spiro atoms. The van der Waals surface area contributed by atoms with E-state index >= 15 is 0 Å². The summed E-state index contributed by atoms with van der Waals surface area (Å²) in [7, 11) is 0. The zero-order valence-electron chi connectivity index (χ0n) is 11.3. The number of ether oxygens (including phenoxy) is 1. The first-order valence-corrected chi connectivity index (χ1v) is 7.21. The molecule has 0 fully saturated rings. The van der Waals surface area contributed by atoms with Crippen molar-refractivity contribution in [2.24, 2.45) is 0 Å². The van der Waals surface area contributed by atoms with Gasteiger partial charge in [0.05, 0.1) is 11.0 Å². The number of para-hydroxylation sites is 1. The zero-order chi connectivity index (χ0) is 15.4. The Hall–Kier alpha value is -1.92. The third-order valence-corrected chi connectivity index (χ3v) is 3.50. The molecule has 0 bridgehead atoms. The summed E-state index contributed by atoms with van der Waals surface area (Å²) in [5.41, 5.74) is 0.474. The third-order valence-electron chi connectivity index (χ3n) is 3.00. The number of nitro benzene ring substituents is 1. The molecule has 0 aliphatic rings. The maximum absolute atomic E-state index is 11.1. The second-order valence-corrected chi connectivity index (χ2v) is 5.35. The van der Waals surface area contributed by atoms with Crippen molar-refractivity contribution in [1.29, 1.82) is 0 Å². The molecule has 1 N–H and O–H groups in total. The van der Waals surface area contributed by atoms with E-state index in [1.807, 2.05) is 6.92 Å². The van der Waals surface area contributed by atoms with Crippen LogP contribution in [0.1, 0.15) is 25.0 Å². The molecule has 0 aromatic heterocycles. The third kappa shape index (κ3) is 3.59. The monoisotopic (exact) mass is 351 g/mol. The van der Waals surface area contributed by atoms with Crippen LogP contribution >= 0.6 is 15.9 Å². The first-order chi connectivity index (χ1) is 10.0. The van der Waals surface area contributed by atoms with Crippen LogP contribution in [0, 0.1) is 10.1 Å². The van der Waals surface area contributed by atoms with Crippen LogP contribution in [0.3, 0.4) is 0 Å². The Kier molecular flexibility index (Phi) is 4.93. The van der Waals surface area contributed by atoms with Gasteiger partial charge in [-0.2, -0.15) is 0 Å². The van der Waals surface area contributed by atoms with Gasteiger partial charge in [0.15, 0.2) is 0 Å². The lowest BCUT2D eigenvalue weighted by Gasteiger charge is -2.14. The molecule has 0 saturated carbocycles. The number of nitrogens with zero attached hydrogens (tertiary/aromatic N) is 1. The van der Waals surface area contributed by atoms with Crippen molar-refractivity contribution in [3.8, 4) is 11.5 Å². The van der Waals surface area contributed by atoms with Gasteiger partial charge in [0.25, 0.3) is 0 Å². The number of aliphatic hydroxyl groups is 1. The molecule has 0 aliphatic carbocycles. The second-order valence-electron chi connectivity index (χ2n) is 4.43. The minimum Gasteiger partial charge on any atom is -0.450 e. The summed E-state index contributed by atoms with van der Waals surface area (Å²) in [5, 5.41) is 21.1. The highest BCUT2D eigenvalue weighted by atomic mass is 79.9. The van der Waals surface area contributed by atoms with E-state index in [-0.39, 0.29) is 11.4 Å². The number of halogens is 1. The summed E-state index contributed by atoms with van der Waals surface area (Å²) >= 11 is 3.20. The van der Waals surface area contributed by atoms with Crippen molar-refractivity contribution in [3.63, 3.8) is 0 Å². The lowest BCUT2D eigenvalue weighted by atomic mass is 10.1. The molecule has 110 valence electrons. The Morgan fingerprint density at radius 3 is 2.67 bits per heavy atom. The van der Waals surface area contributed by atoms with Gasteiger partial charge < -0.3 is 9.84 Å². The highest BCUT2D eigenvalue weighted by molar-refractivity contribution is 9.10. The van der Waals surface area contributed by atoms with Gasteiger partial charge in [-0.25, -0.2) is 0 Å². The molecule has 5 nitrogen and oxygen atoms in total. The summed E-state index contributed by atoms with van der Waals surface area (Å²) in [4.78, 5) is 10.6. The summed E-state index contributed by atoms with van der Waals surface area (Å²) < 4.78 is 6.26. The minimum atomic E-state index is -0.671. The number of hydrogen-bond donors (Lipinski definition) is 1. The van der Waals surface area contributed by atoms with Crippen molar-refractivity contribution >= 4 is 21.6 Å². The molecule has 21 heavy (non-hydrogen) atoms. The smallest absolute Gasteiger partial charge is 0.312 e. The highest BCUT2D eigenvalue weighted by Crippen LogP contribution is 2.36. The van der Waals surface area contributed by atoms with Crippen LogP contribution in [0.4, 0.5) is 5.69 Å². The van der Waals surface area contributed by atoms with E-state index in [1.54, 1.807) is 30.3 Å². The second kappa shape index (κ2) is 6.69. The molecule has 6 heteroatoms. The Labute approximate surface area is 130 Å². The van der Waals surface area contributed by atoms with Crippen LogP contribution in [-0.4, -0.2) is 10.0 Å². The molecule has 0 saturated heterocycles. The molecule has 0 amide bonds. The fourth-order valence-electron chi connectivity index (χ4n) is 1.91. The first-order valence-electron chi connectivity index (χ1n) is 6.41. The summed E-state index contributed by atoms with van der Waals surface area (Å²) in [5.74, 6) is 0.552. The van der Waals surface area contributed by atoms with Crippen LogP contribution in [0.2, 0.25) is 0 Å². The van der Waals surface area contributed by atoms with Gasteiger partial charge in [-0.05, 0) is 24.6 Å². The van der Waals surface area contributed by atoms with Crippen LogP contribution in [0.5, 0.6) is 11.5 Å². The predicted octanol–water partition coefficient (Wildman–Crippen LogP) is 4.59. The van der Waals surface area contributed by atoms with Crippen molar-refractivity contribution in [1.82, 2.24) is 0 Å². The molecule has 1 atom stereocenters. The van der Waals surface area contributed by atoms with Crippen LogP contribution < -0.4 is 4.74 Å². The number of benzene rings is 2. The molecule has 0 radical (unpaired) electrons. The normalized spacial score (nSPS) is 12.0. The molecule has 0 unspecified atom stereocenters. The number of aliphatic hydroxyl groups excluding tert-OH is 1. The number of hydrogen-bond acceptors (Lipinski definition) is 4. The van der Waals surface area contributed by atoms with Gasteiger partial charge in [-0.1, -0.05) is 41.1 Å². The average Bonchev–Trinajstić information content (AvgIpc) is 2.48. The van der Waals surface area contributed by atoms with Gasteiger partial charge in [-0.3, -0.25) is 10.1 Å². The van der Waals surface area contributed by atoms with Gasteiger partial charge >= 0.3 is 5.69 Å². The highest BCUT2D eigenvalue weighted by Gasteiger charge is 2.19. The quantitative estimate of drug-likeness (QED) is 0.631. The zero-order valence-corrected chi connectivity index (χ0v) is 12.9. The first kappa shape index (κ1) is 15.5. The standard InChI is InChI=1S/C15H14BrNO4/c1-2-13(18)11-5-3-4-6-14(11)21-15-8-7-10(16)9-12(15)17(19)20/h3-9,13,18H,2H2,1H3/t13-/m1/s1. The number of rotatable bonds is 5. The predicted molar refractivity (Wildman–Crippen MR) is 82.6 cm³/mol. The van der Waals surface area contributed by atoms with E-state index in [9.17, 15) is 15.2 Å². The molecule has 2 rings (SSSR count). The summed E-state index contributed by atoms with van der Waals surface area (Å²) in [6.45, 7) is 1.85. The fourth-order valence-corrected chi connectivity index (χ4v) is 2.26. The maximum atomic E-state index is 11.1. The van der Waals surface area contributed by atoms with Crippen molar-refractivity contribution in [3.05, 3.63) is 62.6 Å². The van der Waals surface area contributed by atoms with Crippen LogP contribution in [-0.2, 0) is 0 Å². The fraction of sp³-hybridized carbons (Fsp3) is 0.200. The van der Waals surface area contributed by atoms with Crippen LogP contribution in [0.25, 0.3) is 0 Å². The van der Waals surface area contributed by atoms with E-state index < -0.39 is 11.0 Å². The van der Waals surface area contributed by atoms with Crippen LogP contribution in [0.15, 0.2) is 46.9 Å². The topological polar surface area (TPSA) is 72.6 Å². The lowest BCUT2D eigenvalue weighted by molar-refractivity contribution is -0.385. The summed E-state index contributed by atoms with van der Waals surface area (Å²) in [6, 6.07) is 11.5. The Balaban J connectivity index is 2.41.